The summed E-state index contributed by atoms with van der Waals surface area (Å²) in [5.74, 6) is 1.47. The summed E-state index contributed by atoms with van der Waals surface area (Å²) < 4.78 is 52.1. The third kappa shape index (κ3) is 8.32. The molecule has 0 bridgehead atoms. The number of rotatable bonds is 9. The van der Waals surface area contributed by atoms with Crippen molar-refractivity contribution in [1.82, 2.24) is 9.97 Å². The van der Waals surface area contributed by atoms with Gasteiger partial charge >= 0.3 is 0 Å². The van der Waals surface area contributed by atoms with Gasteiger partial charge in [0.15, 0.2) is 7.26 Å². The average molecular weight is 725 g/mol. The number of morpholine rings is 1. The summed E-state index contributed by atoms with van der Waals surface area (Å²) in [6.45, 7) is 2.51. The first-order valence-corrected chi connectivity index (χ1v) is 18.6. The van der Waals surface area contributed by atoms with E-state index in [2.05, 4.69) is 99.3 Å². The maximum Gasteiger partial charge on any atom is 0.262 e. The van der Waals surface area contributed by atoms with Gasteiger partial charge in [0, 0.05) is 18.7 Å². The quantitative estimate of drug-likeness (QED) is 0.122. The number of oxazole rings is 2. The molecule has 0 aliphatic carbocycles. The van der Waals surface area contributed by atoms with Crippen LogP contribution in [0.1, 0.15) is 11.6 Å². The van der Waals surface area contributed by atoms with E-state index in [0.717, 1.165) is 26.9 Å². The average Bonchev–Trinajstić information content (AvgIpc) is 3.78. The van der Waals surface area contributed by atoms with E-state index in [0.29, 0.717) is 44.0 Å². The number of nitrogens with one attached hydrogen (secondary N) is 1. The molecule has 0 saturated carbocycles. The normalized spacial score (nSPS) is 13.4. The highest BCUT2D eigenvalue weighted by Gasteiger charge is 2.53. The van der Waals surface area contributed by atoms with Gasteiger partial charge in [-0.05, 0) is 48.5 Å². The Morgan fingerprint density at radius 2 is 1.24 bits per heavy atom. The predicted octanol–water partition coefficient (Wildman–Crippen LogP) is 0.347. The zero-order valence-electron chi connectivity index (χ0n) is 26.9. The number of aromatic nitrogens is 2. The molecule has 0 spiro atoms. The number of anilines is 2. The molecule has 3 heterocycles. The predicted molar refractivity (Wildman–Crippen MR) is 182 cm³/mol. The molecule has 51 heavy (non-hydrogen) atoms. The van der Waals surface area contributed by atoms with Crippen LogP contribution in [-0.2, 0) is 4.74 Å². The van der Waals surface area contributed by atoms with Crippen molar-refractivity contribution in [2.45, 2.75) is 0 Å². The lowest BCUT2D eigenvalue weighted by atomic mass is 10.2. The number of nitriles is 1. The SMILES string of the molecule is N#Cc1nc(-c2ccccc2)oc1NN=Cc1nc([P+](c2ccccc2)(c2ccccc2)c2ccccc2)c(N2CCOCC2)o1.[O-][Cl+3]([O-])([O-])[O-]. The Hall–Kier alpha value is -5.42. The monoisotopic (exact) mass is 724 g/mol. The Morgan fingerprint density at radius 1 is 0.745 bits per heavy atom. The van der Waals surface area contributed by atoms with Crippen LogP contribution in [0.25, 0.3) is 11.5 Å². The van der Waals surface area contributed by atoms with E-state index in [1.807, 2.05) is 48.5 Å². The summed E-state index contributed by atoms with van der Waals surface area (Å²) in [4.78, 5) is 11.7. The minimum atomic E-state index is -4.94. The molecule has 258 valence electrons. The largest absolute Gasteiger partial charge is 0.417 e. The highest BCUT2D eigenvalue weighted by molar-refractivity contribution is 8.01. The molecule has 0 atom stereocenters. The van der Waals surface area contributed by atoms with Crippen LogP contribution < -0.4 is 50.3 Å². The summed E-state index contributed by atoms with van der Waals surface area (Å²) >= 11 is 0. The standard InChI is InChI=1S/C36H30N6O3P.ClHO4/c37-25-31-34(45-33(39-31)27-13-5-1-6-14-27)41-38-26-32-40-35(36(44-32)42-21-23-43-24-22-42)46(28-15-7-2-8-16-28,29-17-9-3-10-18-29)30-19-11-4-12-20-30;2-1(3,4)5/h1-20,26,41H,21-24H2;(H,2,3,4,5)/q+1;/p-1. The first kappa shape index (κ1) is 35.4. The second-order valence-electron chi connectivity index (χ2n) is 10.9. The van der Waals surface area contributed by atoms with Crippen molar-refractivity contribution < 1.29 is 42.5 Å². The third-order valence-corrected chi connectivity index (χ3v) is 11.9. The van der Waals surface area contributed by atoms with E-state index in [4.69, 9.17) is 37.2 Å². The van der Waals surface area contributed by atoms with E-state index < -0.39 is 17.5 Å². The molecule has 0 unspecified atom stereocenters. The Balaban J connectivity index is 0.000000839. The van der Waals surface area contributed by atoms with Crippen LogP contribution in [0, 0.1) is 21.6 Å². The van der Waals surface area contributed by atoms with Crippen LogP contribution in [0.5, 0.6) is 0 Å². The van der Waals surface area contributed by atoms with Crippen LogP contribution >= 0.6 is 7.26 Å². The van der Waals surface area contributed by atoms with Gasteiger partial charge in [-0.15, -0.1) is 10.2 Å². The summed E-state index contributed by atoms with van der Waals surface area (Å²) in [5.41, 5.74) is 4.54. The van der Waals surface area contributed by atoms with E-state index >= 15 is 0 Å². The molecular formula is C36H30ClN6O7P. The molecule has 2 aromatic heterocycles. The topological polar surface area (TPSA) is 205 Å². The molecule has 1 aliphatic rings. The van der Waals surface area contributed by atoms with Gasteiger partial charge in [0.1, 0.15) is 28.2 Å². The maximum absolute atomic E-state index is 9.69. The number of hydrogen-bond acceptors (Lipinski definition) is 13. The molecule has 1 fully saturated rings. The zero-order chi connectivity index (χ0) is 35.7. The lowest BCUT2D eigenvalue weighted by Gasteiger charge is -2.30. The second-order valence-corrected chi connectivity index (χ2v) is 15.0. The fourth-order valence-corrected chi connectivity index (χ4v) is 9.87. The molecule has 4 aromatic carbocycles. The minimum Gasteiger partial charge on any atom is -0.417 e. The second kappa shape index (κ2) is 16.1. The van der Waals surface area contributed by atoms with Gasteiger partial charge in [-0.1, -0.05) is 72.8 Å². The molecule has 15 heteroatoms. The Bertz CT molecular complexity index is 1980. The molecule has 6 aromatic rings. The summed E-state index contributed by atoms with van der Waals surface area (Å²) in [6, 6.07) is 43.1. The fourth-order valence-electron chi connectivity index (χ4n) is 5.66. The van der Waals surface area contributed by atoms with E-state index in [-0.39, 0.29) is 11.6 Å². The smallest absolute Gasteiger partial charge is 0.262 e. The molecule has 1 N–H and O–H groups in total. The van der Waals surface area contributed by atoms with Crippen LogP contribution in [-0.4, -0.2) is 42.5 Å². The number of halogens is 1. The van der Waals surface area contributed by atoms with Gasteiger partial charge in [0.2, 0.25) is 17.5 Å². The summed E-state index contributed by atoms with van der Waals surface area (Å²) in [6.07, 6.45) is 1.51. The summed E-state index contributed by atoms with van der Waals surface area (Å²) in [5, 5.41) is 17.5. The van der Waals surface area contributed by atoms with Crippen LogP contribution in [0.4, 0.5) is 11.8 Å². The van der Waals surface area contributed by atoms with Crippen molar-refractivity contribution in [3.8, 4) is 17.5 Å². The molecule has 13 nitrogen and oxygen atoms in total. The van der Waals surface area contributed by atoms with Crippen molar-refractivity contribution in [2.75, 3.05) is 36.6 Å². The number of benzene rings is 4. The van der Waals surface area contributed by atoms with Gasteiger partial charge in [0.25, 0.3) is 17.2 Å². The van der Waals surface area contributed by atoms with Gasteiger partial charge in [-0.25, -0.2) is 24.1 Å². The highest BCUT2D eigenvalue weighted by atomic mass is 35.7. The fraction of sp³-hybridized carbons (Fsp3) is 0.111. The van der Waals surface area contributed by atoms with E-state index in [1.54, 1.807) is 0 Å². The number of nitrogens with zero attached hydrogens (tertiary/aromatic N) is 5. The van der Waals surface area contributed by atoms with Crippen molar-refractivity contribution in [1.29, 1.82) is 5.26 Å². The lowest BCUT2D eigenvalue weighted by molar-refractivity contribution is -2.00. The van der Waals surface area contributed by atoms with Crippen LogP contribution in [0.15, 0.2) is 135 Å². The van der Waals surface area contributed by atoms with Crippen molar-refractivity contribution in [3.63, 3.8) is 0 Å². The number of ether oxygens (including phenoxy) is 1. The van der Waals surface area contributed by atoms with Gasteiger partial charge in [0.05, 0.1) is 13.2 Å². The zero-order valence-corrected chi connectivity index (χ0v) is 28.5. The minimum absolute atomic E-state index is 0.0975. The van der Waals surface area contributed by atoms with Crippen molar-refractivity contribution >= 4 is 46.6 Å². The third-order valence-electron chi connectivity index (χ3n) is 7.75. The first-order chi connectivity index (χ1) is 24.8. The summed E-state index contributed by atoms with van der Waals surface area (Å²) in [7, 11) is -7.51. The van der Waals surface area contributed by atoms with Gasteiger partial charge in [-0.2, -0.15) is 20.3 Å². The Morgan fingerprint density at radius 3 is 1.73 bits per heavy atom. The van der Waals surface area contributed by atoms with E-state index in [9.17, 15) is 5.26 Å². The molecule has 1 aliphatic heterocycles. The van der Waals surface area contributed by atoms with Crippen molar-refractivity contribution in [3.05, 3.63) is 133 Å². The number of hydrogen-bond donors (Lipinski definition) is 1. The molecule has 0 radical (unpaired) electrons. The van der Waals surface area contributed by atoms with Crippen LogP contribution in [0.2, 0.25) is 0 Å². The molecule has 0 amide bonds. The van der Waals surface area contributed by atoms with Crippen LogP contribution in [0.3, 0.4) is 0 Å². The molecular weight excluding hydrogens is 695 g/mol. The van der Waals surface area contributed by atoms with Gasteiger partial charge in [-0.3, -0.25) is 0 Å². The van der Waals surface area contributed by atoms with Gasteiger partial charge < -0.3 is 18.5 Å². The maximum atomic E-state index is 9.69. The highest BCUT2D eigenvalue weighted by Crippen LogP contribution is 2.56. The molecule has 7 rings (SSSR count). The number of hydrazone groups is 1. The Kier molecular flexibility index (Phi) is 11.2. The molecule has 1 saturated heterocycles. The lowest BCUT2D eigenvalue weighted by Crippen LogP contribution is -2.68. The van der Waals surface area contributed by atoms with E-state index in [1.165, 1.54) is 6.21 Å². The first-order valence-electron chi connectivity index (χ1n) is 15.5. The Labute approximate surface area is 295 Å². The van der Waals surface area contributed by atoms with Crippen molar-refractivity contribution in [2.24, 2.45) is 5.10 Å².